The number of hydrogen-bond donors (Lipinski definition) is 0. The first-order chi connectivity index (χ1) is 14.0. The van der Waals surface area contributed by atoms with Gasteiger partial charge in [-0.1, -0.05) is 19.1 Å². The lowest BCUT2D eigenvalue weighted by Gasteiger charge is -2.30. The minimum atomic E-state index is -0.299. The summed E-state index contributed by atoms with van der Waals surface area (Å²) in [5, 5.41) is 0. The van der Waals surface area contributed by atoms with E-state index < -0.39 is 0 Å². The van der Waals surface area contributed by atoms with Crippen molar-refractivity contribution in [1.82, 2.24) is 14.9 Å². The maximum Gasteiger partial charge on any atom is 0.228 e. The molecule has 1 aromatic heterocycles. The van der Waals surface area contributed by atoms with E-state index in [9.17, 15) is 14.0 Å². The third-order valence-corrected chi connectivity index (χ3v) is 5.82. The predicted octanol–water partition coefficient (Wildman–Crippen LogP) is 3.13. The van der Waals surface area contributed by atoms with Crippen LogP contribution in [0.2, 0.25) is 0 Å². The van der Waals surface area contributed by atoms with Crippen LogP contribution in [0.5, 0.6) is 0 Å². The van der Waals surface area contributed by atoms with Gasteiger partial charge in [-0.3, -0.25) is 14.5 Å². The Morgan fingerprint density at radius 2 is 1.97 bits per heavy atom. The topological polar surface area (TPSA) is 66.4 Å². The minimum Gasteiger partial charge on any atom is -0.342 e. The van der Waals surface area contributed by atoms with Crippen molar-refractivity contribution in [2.75, 3.05) is 18.0 Å². The monoisotopic (exact) mass is 396 g/mol. The van der Waals surface area contributed by atoms with E-state index in [1.165, 1.54) is 12.1 Å². The van der Waals surface area contributed by atoms with Crippen molar-refractivity contribution < 1.29 is 14.0 Å². The normalized spacial score (nSPS) is 18.9. The van der Waals surface area contributed by atoms with Gasteiger partial charge in [-0.2, -0.15) is 0 Å². The summed E-state index contributed by atoms with van der Waals surface area (Å²) < 4.78 is 13.2. The zero-order valence-electron chi connectivity index (χ0n) is 16.8. The number of aromatic nitrogens is 2. The van der Waals surface area contributed by atoms with Crippen LogP contribution < -0.4 is 4.90 Å². The van der Waals surface area contributed by atoms with E-state index in [2.05, 4.69) is 0 Å². The molecule has 4 rings (SSSR count). The van der Waals surface area contributed by atoms with Crippen LogP contribution in [-0.4, -0.2) is 39.8 Å². The van der Waals surface area contributed by atoms with Crippen molar-refractivity contribution >= 4 is 17.6 Å². The zero-order valence-corrected chi connectivity index (χ0v) is 16.8. The molecular formula is C22H25FN4O2. The van der Waals surface area contributed by atoms with E-state index in [4.69, 9.17) is 9.97 Å². The average molecular weight is 396 g/mol. The second-order valence-corrected chi connectivity index (χ2v) is 7.75. The number of carbonyl (C=O) groups excluding carboxylic acids is 2. The van der Waals surface area contributed by atoms with Crippen LogP contribution >= 0.6 is 0 Å². The van der Waals surface area contributed by atoms with Gasteiger partial charge in [-0.05, 0) is 37.5 Å². The Hall–Kier alpha value is -2.83. The van der Waals surface area contributed by atoms with Gasteiger partial charge in [0, 0.05) is 43.1 Å². The summed E-state index contributed by atoms with van der Waals surface area (Å²) in [5.74, 6) is 1.31. The first-order valence-electron chi connectivity index (χ1n) is 10.2. The van der Waals surface area contributed by atoms with Crippen molar-refractivity contribution in [3.63, 3.8) is 0 Å². The summed E-state index contributed by atoms with van der Waals surface area (Å²) >= 11 is 0. The van der Waals surface area contributed by atoms with Crippen LogP contribution in [-0.2, 0) is 22.6 Å². The molecule has 1 unspecified atom stereocenters. The number of carbonyl (C=O) groups is 2. The lowest BCUT2D eigenvalue weighted by Crippen LogP contribution is -2.36. The van der Waals surface area contributed by atoms with E-state index in [0.717, 1.165) is 29.8 Å². The molecule has 6 nitrogen and oxygen atoms in total. The number of rotatable bonds is 4. The zero-order chi connectivity index (χ0) is 20.5. The molecule has 0 N–H and O–H groups in total. The molecule has 1 saturated heterocycles. The number of anilines is 1. The highest BCUT2D eigenvalue weighted by molar-refractivity contribution is 5.95. The molecular weight excluding hydrogens is 371 g/mol. The van der Waals surface area contributed by atoms with Gasteiger partial charge in [-0.15, -0.1) is 0 Å². The molecule has 0 aliphatic carbocycles. The van der Waals surface area contributed by atoms with Gasteiger partial charge in [0.2, 0.25) is 11.8 Å². The second kappa shape index (κ2) is 7.89. The number of aryl methyl sites for hydroxylation is 1. The van der Waals surface area contributed by atoms with Crippen LogP contribution in [0.4, 0.5) is 10.2 Å². The molecule has 2 aliphatic heterocycles. The van der Waals surface area contributed by atoms with E-state index in [1.54, 1.807) is 17.0 Å². The van der Waals surface area contributed by atoms with Crippen LogP contribution in [0.1, 0.15) is 54.7 Å². The lowest BCUT2D eigenvalue weighted by atomic mass is 10.0. The first-order valence-corrected chi connectivity index (χ1v) is 10.2. The fourth-order valence-corrected chi connectivity index (χ4v) is 4.14. The Morgan fingerprint density at radius 3 is 2.69 bits per heavy atom. The molecule has 2 amide bonds. The number of fused-ring (bicyclic) bond motifs is 1. The molecule has 3 heterocycles. The average Bonchev–Trinajstić information content (AvgIpc) is 3.21. The summed E-state index contributed by atoms with van der Waals surface area (Å²) in [7, 11) is 0. The van der Waals surface area contributed by atoms with Gasteiger partial charge in [0.05, 0.1) is 6.54 Å². The van der Waals surface area contributed by atoms with Gasteiger partial charge in [0.15, 0.2) is 0 Å². The van der Waals surface area contributed by atoms with Crippen LogP contribution in [0.3, 0.4) is 0 Å². The van der Waals surface area contributed by atoms with Crippen LogP contribution in [0, 0.1) is 12.7 Å². The number of halogens is 1. The number of nitrogens with zero attached hydrogens (tertiary/aromatic N) is 4. The van der Waals surface area contributed by atoms with E-state index >= 15 is 0 Å². The molecule has 7 heteroatoms. The minimum absolute atomic E-state index is 0.0140. The predicted molar refractivity (Wildman–Crippen MR) is 107 cm³/mol. The highest BCUT2D eigenvalue weighted by Crippen LogP contribution is 2.33. The Balaban J connectivity index is 1.64. The van der Waals surface area contributed by atoms with E-state index in [-0.39, 0.29) is 23.5 Å². The summed E-state index contributed by atoms with van der Waals surface area (Å²) in [6.07, 6.45) is 2.37. The summed E-state index contributed by atoms with van der Waals surface area (Å²) in [4.78, 5) is 37.8. The van der Waals surface area contributed by atoms with Crippen molar-refractivity contribution in [3.8, 4) is 0 Å². The van der Waals surface area contributed by atoms with Crippen molar-refractivity contribution in [2.24, 2.45) is 0 Å². The lowest BCUT2D eigenvalue weighted by molar-refractivity contribution is -0.129. The summed E-state index contributed by atoms with van der Waals surface area (Å²) in [6.45, 7) is 5.52. The first kappa shape index (κ1) is 19.5. The summed E-state index contributed by atoms with van der Waals surface area (Å²) in [5.41, 5.74) is 2.74. The maximum absolute atomic E-state index is 13.2. The second-order valence-electron chi connectivity index (χ2n) is 7.75. The Kier molecular flexibility index (Phi) is 5.30. The molecule has 152 valence electrons. The molecule has 0 radical (unpaired) electrons. The Labute approximate surface area is 169 Å². The van der Waals surface area contributed by atoms with Crippen LogP contribution in [0.15, 0.2) is 24.3 Å². The smallest absolute Gasteiger partial charge is 0.228 e. The highest BCUT2D eigenvalue weighted by atomic mass is 19.1. The molecule has 29 heavy (non-hydrogen) atoms. The van der Waals surface area contributed by atoms with Crippen molar-refractivity contribution in [3.05, 3.63) is 52.7 Å². The molecule has 0 spiro atoms. The van der Waals surface area contributed by atoms with Gasteiger partial charge >= 0.3 is 0 Å². The SMILES string of the molecule is CCC(=O)N1CCC(c2nc(C)c3c(n2)N(Cc2ccc(F)cc2)C(=O)CC3)C1. The Bertz CT molecular complexity index is 945. The molecule has 0 bridgehead atoms. The highest BCUT2D eigenvalue weighted by Gasteiger charge is 2.32. The maximum atomic E-state index is 13.2. The molecule has 1 fully saturated rings. The fourth-order valence-electron chi connectivity index (χ4n) is 4.14. The third kappa shape index (κ3) is 3.86. The van der Waals surface area contributed by atoms with Crippen molar-refractivity contribution in [2.45, 2.75) is 52.0 Å². The molecule has 2 aromatic rings. The van der Waals surface area contributed by atoms with E-state index in [0.29, 0.717) is 44.0 Å². The standard InChI is InChI=1S/C22H25FN4O2/c1-3-19(28)26-11-10-16(13-26)21-24-14(2)18-8-9-20(29)27(22(18)25-21)12-15-4-6-17(23)7-5-15/h4-7,16H,3,8-13H2,1-2H3. The van der Waals surface area contributed by atoms with Gasteiger partial charge in [0.1, 0.15) is 17.5 Å². The van der Waals surface area contributed by atoms with Gasteiger partial charge in [-0.25, -0.2) is 14.4 Å². The molecule has 2 aliphatic rings. The molecule has 1 aromatic carbocycles. The molecule has 0 saturated carbocycles. The number of amides is 2. The van der Waals surface area contributed by atoms with E-state index in [1.807, 2.05) is 18.7 Å². The Morgan fingerprint density at radius 1 is 1.21 bits per heavy atom. The summed E-state index contributed by atoms with van der Waals surface area (Å²) in [6, 6.07) is 6.19. The third-order valence-electron chi connectivity index (χ3n) is 5.82. The van der Waals surface area contributed by atoms with Crippen molar-refractivity contribution in [1.29, 1.82) is 0 Å². The number of likely N-dealkylation sites (tertiary alicyclic amines) is 1. The van der Waals surface area contributed by atoms with Crippen LogP contribution in [0.25, 0.3) is 0 Å². The number of benzene rings is 1. The number of hydrogen-bond acceptors (Lipinski definition) is 4. The van der Waals surface area contributed by atoms with Gasteiger partial charge < -0.3 is 4.90 Å². The van der Waals surface area contributed by atoms with Gasteiger partial charge in [0.25, 0.3) is 0 Å². The quantitative estimate of drug-likeness (QED) is 0.796. The fraction of sp³-hybridized carbons (Fsp3) is 0.455. The largest absolute Gasteiger partial charge is 0.342 e. The molecule has 1 atom stereocenters.